The minimum Gasteiger partial charge on any atom is -0.506 e. The van der Waals surface area contributed by atoms with Crippen molar-refractivity contribution >= 4 is 22.9 Å². The highest BCUT2D eigenvalue weighted by Gasteiger charge is 2.47. The molecule has 6 heteroatoms. The molecule has 2 heterocycles. The van der Waals surface area contributed by atoms with Crippen molar-refractivity contribution in [2.24, 2.45) is 0 Å². The summed E-state index contributed by atoms with van der Waals surface area (Å²) in [6.45, 7) is 33.6. The van der Waals surface area contributed by atoms with Crippen LogP contribution in [-0.2, 0) is 15.6 Å². The fraction of sp³-hybridized carbons (Fsp3) is 0.545. The van der Waals surface area contributed by atoms with Crippen LogP contribution in [0.4, 0.5) is 11.4 Å². The van der Waals surface area contributed by atoms with Crippen molar-refractivity contribution in [2.45, 2.75) is 92.9 Å². The van der Waals surface area contributed by atoms with Crippen molar-refractivity contribution in [1.29, 1.82) is 0 Å². The number of aliphatic hydroxyl groups is 1. The van der Waals surface area contributed by atoms with Gasteiger partial charge in [0.2, 0.25) is 11.5 Å². The smallest absolute Gasteiger partial charge is 0.209 e. The zero-order valence-electron chi connectivity index (χ0n) is 32.9. The molecular formula is C44H65N4O2+3. The predicted octanol–water partition coefficient (Wildman–Crippen LogP) is 8.60. The first kappa shape index (κ1) is 37.8. The molecule has 1 N–H and O–H groups in total. The van der Waals surface area contributed by atoms with Crippen LogP contribution in [0, 0.1) is 0 Å². The molecule has 0 atom stereocenters. The average Bonchev–Trinajstić information content (AvgIpc) is 3.48. The molecule has 0 saturated carbocycles. The topological polar surface area (TPSA) is 43.5 Å². The number of carbonyl (C=O) groups excluding carboxylic acids is 1. The number of benzene rings is 2. The summed E-state index contributed by atoms with van der Waals surface area (Å²) in [7, 11) is 0. The van der Waals surface area contributed by atoms with E-state index in [2.05, 4.69) is 127 Å². The number of ketones is 1. The highest BCUT2D eigenvalue weighted by molar-refractivity contribution is 6.24. The maximum atomic E-state index is 14.1. The standard InChI is InChI=1S/C44H64N4O2/c1-11-47(12-2,13-3)29-21-27-45-37-25-19-17-23-35(37)43(7,8)39(45)31-33-41(49)34(42(33)50)32-40-44(9,10)36-24-18-20-26-38(36)46(40)28-22-30-48(14-4,15-5)16-6/h17-20,23-26,31-32H,11-16,21-22,27-30H2,1-10H3/q+2/p+1. The lowest BCUT2D eigenvalue weighted by Gasteiger charge is -2.37. The van der Waals surface area contributed by atoms with Crippen LogP contribution in [0.25, 0.3) is 0 Å². The van der Waals surface area contributed by atoms with Gasteiger partial charge in [0.25, 0.3) is 0 Å². The number of aliphatic hydroxyl groups excluding tert-OH is 1. The molecule has 1 aliphatic carbocycles. The molecule has 2 aromatic rings. The molecule has 6 nitrogen and oxygen atoms in total. The van der Waals surface area contributed by atoms with Gasteiger partial charge in [-0.25, -0.2) is 0 Å². The number of anilines is 1. The number of carbonyl (C=O) groups is 1. The van der Waals surface area contributed by atoms with Gasteiger partial charge in [0.1, 0.15) is 5.76 Å². The summed E-state index contributed by atoms with van der Waals surface area (Å²) in [5, 5.41) is 11.7. The maximum absolute atomic E-state index is 14.1. The van der Waals surface area contributed by atoms with Crippen LogP contribution in [0.2, 0.25) is 0 Å². The molecule has 270 valence electrons. The summed E-state index contributed by atoms with van der Waals surface area (Å²) < 4.78 is 4.64. The molecule has 0 bridgehead atoms. The molecule has 0 unspecified atom stereocenters. The van der Waals surface area contributed by atoms with Gasteiger partial charge in [-0.15, -0.1) is 0 Å². The molecule has 0 spiro atoms. The van der Waals surface area contributed by atoms with E-state index in [1.165, 1.54) is 22.5 Å². The molecule has 3 aliphatic rings. The lowest BCUT2D eigenvalue weighted by Crippen LogP contribution is -2.48. The number of hydrogen-bond donors (Lipinski definition) is 1. The number of rotatable bonds is 16. The van der Waals surface area contributed by atoms with Gasteiger partial charge >= 0.3 is 0 Å². The van der Waals surface area contributed by atoms with Crippen LogP contribution in [0.5, 0.6) is 0 Å². The van der Waals surface area contributed by atoms with Crippen molar-refractivity contribution < 1.29 is 23.4 Å². The van der Waals surface area contributed by atoms with Gasteiger partial charge in [-0.2, -0.15) is 4.58 Å². The van der Waals surface area contributed by atoms with Crippen LogP contribution >= 0.6 is 0 Å². The Morgan fingerprint density at radius 1 is 0.720 bits per heavy atom. The van der Waals surface area contributed by atoms with Gasteiger partial charge in [0.05, 0.1) is 75.3 Å². The number of allylic oxidation sites excluding steroid dienone is 5. The van der Waals surface area contributed by atoms with Crippen molar-refractivity contribution in [1.82, 2.24) is 0 Å². The number of quaternary nitrogens is 2. The molecular weight excluding hydrogens is 617 g/mol. The summed E-state index contributed by atoms with van der Waals surface area (Å²) in [6.07, 6.45) is 6.09. The summed E-state index contributed by atoms with van der Waals surface area (Å²) in [5.41, 5.74) is 7.40. The minimum atomic E-state index is -0.292. The molecule has 5 rings (SSSR count). The first-order chi connectivity index (χ1) is 23.8. The maximum Gasteiger partial charge on any atom is 0.209 e. The molecule has 0 radical (unpaired) electrons. The van der Waals surface area contributed by atoms with Crippen LogP contribution in [0.1, 0.15) is 93.2 Å². The number of para-hydroxylation sites is 2. The monoisotopic (exact) mass is 682 g/mol. The Bertz CT molecular complexity index is 1700. The van der Waals surface area contributed by atoms with E-state index in [0.717, 1.165) is 98.7 Å². The lowest BCUT2D eigenvalue weighted by atomic mass is 9.77. The van der Waals surface area contributed by atoms with Crippen LogP contribution < -0.4 is 4.90 Å². The van der Waals surface area contributed by atoms with Crippen molar-refractivity contribution in [2.75, 3.05) is 70.3 Å². The van der Waals surface area contributed by atoms with E-state index in [-0.39, 0.29) is 22.4 Å². The number of fused-ring (bicyclic) bond motifs is 2. The fourth-order valence-electron chi connectivity index (χ4n) is 9.09. The van der Waals surface area contributed by atoms with E-state index < -0.39 is 0 Å². The van der Waals surface area contributed by atoms with E-state index in [9.17, 15) is 9.90 Å². The quantitative estimate of drug-likeness (QED) is 0.110. The fourth-order valence-corrected chi connectivity index (χ4v) is 9.09. The first-order valence-corrected chi connectivity index (χ1v) is 19.5. The van der Waals surface area contributed by atoms with Gasteiger partial charge < -0.3 is 19.0 Å². The van der Waals surface area contributed by atoms with Crippen LogP contribution in [0.3, 0.4) is 0 Å². The number of nitrogens with zero attached hydrogens (tertiary/aromatic N) is 4. The lowest BCUT2D eigenvalue weighted by molar-refractivity contribution is -0.924. The highest BCUT2D eigenvalue weighted by Crippen LogP contribution is 2.49. The Hall–Kier alpha value is -3.48. The molecule has 0 aromatic heterocycles. The number of Topliss-reactive ketones (excluding diaryl/α,β-unsaturated/α-hetero) is 1. The molecule has 50 heavy (non-hydrogen) atoms. The van der Waals surface area contributed by atoms with E-state index >= 15 is 0 Å². The molecule has 0 saturated heterocycles. The van der Waals surface area contributed by atoms with Gasteiger partial charge in [0.15, 0.2) is 12.3 Å². The van der Waals surface area contributed by atoms with E-state index in [1.54, 1.807) is 0 Å². The first-order valence-electron chi connectivity index (χ1n) is 19.5. The van der Waals surface area contributed by atoms with Crippen LogP contribution in [0.15, 0.2) is 83.3 Å². The van der Waals surface area contributed by atoms with Crippen molar-refractivity contribution in [3.8, 4) is 0 Å². The third-order valence-electron chi connectivity index (χ3n) is 13.2. The Morgan fingerprint density at radius 3 is 1.84 bits per heavy atom. The molecule has 2 aromatic carbocycles. The molecule has 2 aliphatic heterocycles. The summed E-state index contributed by atoms with van der Waals surface area (Å²) >= 11 is 0. The Labute approximate surface area is 303 Å². The third-order valence-corrected chi connectivity index (χ3v) is 13.2. The zero-order valence-corrected chi connectivity index (χ0v) is 32.9. The Kier molecular flexibility index (Phi) is 11.1. The summed E-state index contributed by atoms with van der Waals surface area (Å²) in [4.78, 5) is 16.5. The van der Waals surface area contributed by atoms with E-state index in [4.69, 9.17) is 0 Å². The zero-order chi connectivity index (χ0) is 36.5. The van der Waals surface area contributed by atoms with E-state index in [0.29, 0.717) is 11.1 Å². The predicted molar refractivity (Wildman–Crippen MR) is 210 cm³/mol. The Balaban J connectivity index is 1.50. The largest absolute Gasteiger partial charge is 0.506 e. The minimum absolute atomic E-state index is 0.0711. The average molecular weight is 682 g/mol. The van der Waals surface area contributed by atoms with Crippen molar-refractivity contribution in [3.05, 3.63) is 94.4 Å². The van der Waals surface area contributed by atoms with Gasteiger partial charge in [0, 0.05) is 47.5 Å². The second-order valence-corrected chi connectivity index (χ2v) is 15.9. The summed E-state index contributed by atoms with van der Waals surface area (Å²) in [6, 6.07) is 17.3. The van der Waals surface area contributed by atoms with Gasteiger partial charge in [-0.05, 0) is 73.1 Å². The van der Waals surface area contributed by atoms with Gasteiger partial charge in [-0.3, -0.25) is 4.79 Å². The highest BCUT2D eigenvalue weighted by atomic mass is 16.3. The van der Waals surface area contributed by atoms with E-state index in [1.807, 2.05) is 12.2 Å². The Morgan fingerprint density at radius 2 is 1.26 bits per heavy atom. The third kappa shape index (κ3) is 6.43. The molecule has 0 fully saturated rings. The second kappa shape index (κ2) is 14.6. The SMILES string of the molecule is CC[N+](CC)(CC)CCCN1/C(=C/C2=C(O)C(=C/C3=[N+](CCC[N+](CC)(CC)CC)c4ccccc4C3(C)C)/C2=O)C(C)(C)c2ccccc21. The van der Waals surface area contributed by atoms with Gasteiger partial charge in [-0.1, -0.05) is 50.2 Å². The molecule has 0 amide bonds. The summed E-state index contributed by atoms with van der Waals surface area (Å²) in [5.74, 6) is 0.0452. The van der Waals surface area contributed by atoms with Crippen molar-refractivity contribution in [3.63, 3.8) is 0 Å². The normalized spacial score (nSPS) is 19.9. The number of hydrogen-bond acceptors (Lipinski definition) is 3. The van der Waals surface area contributed by atoms with Crippen LogP contribution in [-0.4, -0.2) is 95.6 Å². The second-order valence-electron chi connectivity index (χ2n) is 15.9.